The Morgan fingerprint density at radius 2 is 2.00 bits per heavy atom. The molecule has 14 heavy (non-hydrogen) atoms. The van der Waals surface area contributed by atoms with Gasteiger partial charge >= 0.3 is 0 Å². The first-order chi connectivity index (χ1) is 6.53. The molecule has 0 bridgehead atoms. The number of likely N-dealkylation sites (tertiary alicyclic amines) is 1. The Morgan fingerprint density at radius 3 is 2.57 bits per heavy atom. The number of likely N-dealkylation sites (N-methyl/N-ethyl adjacent to an activating group) is 1. The minimum atomic E-state index is 0.0108. The summed E-state index contributed by atoms with van der Waals surface area (Å²) < 4.78 is 5.86. The first-order valence-corrected chi connectivity index (χ1v) is 5.91. The molecule has 0 spiro atoms. The van der Waals surface area contributed by atoms with Gasteiger partial charge in [-0.3, -0.25) is 4.90 Å². The zero-order chi connectivity index (χ0) is 10.6. The van der Waals surface area contributed by atoms with Crippen molar-refractivity contribution in [2.75, 3.05) is 19.7 Å². The van der Waals surface area contributed by atoms with E-state index >= 15 is 0 Å². The number of hydrogen-bond acceptors (Lipinski definition) is 2. The van der Waals surface area contributed by atoms with Crippen molar-refractivity contribution in [1.82, 2.24) is 4.90 Å². The van der Waals surface area contributed by atoms with Gasteiger partial charge in [0.25, 0.3) is 0 Å². The Hall–Kier alpha value is -0.0800. The van der Waals surface area contributed by atoms with Crippen LogP contribution in [0.2, 0.25) is 0 Å². The van der Waals surface area contributed by atoms with E-state index in [9.17, 15) is 0 Å². The van der Waals surface area contributed by atoms with Gasteiger partial charge in [-0.25, -0.2) is 0 Å². The van der Waals surface area contributed by atoms with Gasteiger partial charge in [0.1, 0.15) is 0 Å². The van der Waals surface area contributed by atoms with Crippen LogP contribution in [0, 0.1) is 0 Å². The van der Waals surface area contributed by atoms with Gasteiger partial charge in [-0.2, -0.15) is 0 Å². The fourth-order valence-corrected chi connectivity index (χ4v) is 2.01. The van der Waals surface area contributed by atoms with E-state index in [1.807, 2.05) is 0 Å². The summed E-state index contributed by atoms with van der Waals surface area (Å²) in [5.41, 5.74) is 0.0108. The highest BCUT2D eigenvalue weighted by molar-refractivity contribution is 4.76. The van der Waals surface area contributed by atoms with Gasteiger partial charge in [0.15, 0.2) is 0 Å². The highest BCUT2D eigenvalue weighted by atomic mass is 16.5. The zero-order valence-electron chi connectivity index (χ0n) is 10.2. The van der Waals surface area contributed by atoms with E-state index < -0.39 is 0 Å². The lowest BCUT2D eigenvalue weighted by Gasteiger charge is -2.36. The summed E-state index contributed by atoms with van der Waals surface area (Å²) in [6, 6.07) is 0.660. The van der Waals surface area contributed by atoms with Crippen molar-refractivity contribution < 1.29 is 4.74 Å². The molecule has 84 valence electrons. The fourth-order valence-electron chi connectivity index (χ4n) is 2.01. The molecule has 1 aliphatic heterocycles. The Kier molecular flexibility index (Phi) is 4.39. The molecule has 1 unspecified atom stereocenters. The molecular formula is C12H25NO. The molecule has 2 nitrogen and oxygen atoms in total. The molecule has 0 radical (unpaired) electrons. The van der Waals surface area contributed by atoms with Crippen LogP contribution in [0.25, 0.3) is 0 Å². The van der Waals surface area contributed by atoms with E-state index in [2.05, 4.69) is 32.6 Å². The largest absolute Gasteiger partial charge is 0.374 e. The van der Waals surface area contributed by atoms with Gasteiger partial charge in [-0.05, 0) is 46.7 Å². The number of piperidine rings is 1. The van der Waals surface area contributed by atoms with Crippen molar-refractivity contribution in [1.29, 1.82) is 0 Å². The number of hydrogen-bond donors (Lipinski definition) is 0. The van der Waals surface area contributed by atoms with Crippen molar-refractivity contribution in [3.63, 3.8) is 0 Å². The maximum Gasteiger partial charge on any atom is 0.0628 e. The monoisotopic (exact) mass is 199 g/mol. The van der Waals surface area contributed by atoms with Gasteiger partial charge < -0.3 is 4.74 Å². The SMILES string of the molecule is CCN1CCCCC1COC(C)(C)C. The molecule has 1 saturated heterocycles. The molecule has 1 rings (SSSR count). The first-order valence-electron chi connectivity index (χ1n) is 5.91. The summed E-state index contributed by atoms with van der Waals surface area (Å²) in [5, 5.41) is 0. The van der Waals surface area contributed by atoms with Crippen molar-refractivity contribution in [3.05, 3.63) is 0 Å². The standard InChI is InChI=1S/C12H25NO/c1-5-13-9-7-6-8-11(13)10-14-12(2,3)4/h11H,5-10H2,1-4H3. The van der Waals surface area contributed by atoms with Gasteiger partial charge in [0, 0.05) is 6.04 Å². The van der Waals surface area contributed by atoms with Gasteiger partial charge in [-0.1, -0.05) is 13.3 Å². The maximum absolute atomic E-state index is 5.86. The molecule has 0 saturated carbocycles. The lowest BCUT2D eigenvalue weighted by Crippen LogP contribution is -2.43. The van der Waals surface area contributed by atoms with Crippen LogP contribution < -0.4 is 0 Å². The molecule has 0 aromatic carbocycles. The quantitative estimate of drug-likeness (QED) is 0.693. The summed E-state index contributed by atoms with van der Waals surface area (Å²) >= 11 is 0. The highest BCUT2D eigenvalue weighted by Gasteiger charge is 2.22. The summed E-state index contributed by atoms with van der Waals surface area (Å²) in [7, 11) is 0. The summed E-state index contributed by atoms with van der Waals surface area (Å²) in [4.78, 5) is 2.55. The van der Waals surface area contributed by atoms with Crippen LogP contribution in [0.5, 0.6) is 0 Å². The van der Waals surface area contributed by atoms with Crippen LogP contribution in [0.15, 0.2) is 0 Å². The number of rotatable bonds is 3. The number of nitrogens with zero attached hydrogens (tertiary/aromatic N) is 1. The summed E-state index contributed by atoms with van der Waals surface area (Å²) in [6.45, 7) is 12.0. The van der Waals surface area contributed by atoms with Gasteiger partial charge in [0.2, 0.25) is 0 Å². The lowest BCUT2D eigenvalue weighted by atomic mass is 10.0. The van der Waals surface area contributed by atoms with Crippen molar-refractivity contribution in [3.8, 4) is 0 Å². The van der Waals surface area contributed by atoms with Gasteiger partial charge in [-0.15, -0.1) is 0 Å². The molecule has 1 fully saturated rings. The molecular weight excluding hydrogens is 174 g/mol. The molecule has 2 heteroatoms. The van der Waals surface area contributed by atoms with Crippen LogP contribution in [-0.2, 0) is 4.74 Å². The lowest BCUT2D eigenvalue weighted by molar-refractivity contribution is -0.0418. The fraction of sp³-hybridized carbons (Fsp3) is 1.00. The van der Waals surface area contributed by atoms with Crippen LogP contribution in [-0.4, -0.2) is 36.2 Å². The predicted octanol–water partition coefficient (Wildman–Crippen LogP) is 2.68. The van der Waals surface area contributed by atoms with Crippen molar-refractivity contribution >= 4 is 0 Å². The smallest absolute Gasteiger partial charge is 0.0628 e. The Bertz CT molecular complexity index is 162. The van der Waals surface area contributed by atoms with Crippen molar-refractivity contribution in [2.45, 2.75) is 58.6 Å². The number of ether oxygens (including phenoxy) is 1. The second-order valence-corrected chi connectivity index (χ2v) is 5.20. The highest BCUT2D eigenvalue weighted by Crippen LogP contribution is 2.18. The summed E-state index contributed by atoms with van der Waals surface area (Å²) in [5.74, 6) is 0. The normalized spacial score (nSPS) is 25.3. The molecule has 0 aromatic rings. The third kappa shape index (κ3) is 3.97. The molecule has 0 N–H and O–H groups in total. The van der Waals surface area contributed by atoms with Crippen molar-refractivity contribution in [2.24, 2.45) is 0 Å². The topological polar surface area (TPSA) is 12.5 Å². The van der Waals surface area contributed by atoms with Gasteiger partial charge in [0.05, 0.1) is 12.2 Å². The molecule has 1 heterocycles. The third-order valence-electron chi connectivity index (χ3n) is 2.86. The first kappa shape index (κ1) is 12.0. The Balaban J connectivity index is 2.33. The Morgan fingerprint density at radius 1 is 1.29 bits per heavy atom. The van der Waals surface area contributed by atoms with E-state index in [-0.39, 0.29) is 5.60 Å². The minimum absolute atomic E-state index is 0.0108. The minimum Gasteiger partial charge on any atom is -0.374 e. The van der Waals surface area contributed by atoms with E-state index in [1.54, 1.807) is 0 Å². The summed E-state index contributed by atoms with van der Waals surface area (Å²) in [6.07, 6.45) is 4.04. The molecule has 0 aliphatic carbocycles. The second-order valence-electron chi connectivity index (χ2n) is 5.20. The molecule has 0 amide bonds. The predicted molar refractivity (Wildman–Crippen MR) is 60.6 cm³/mol. The average molecular weight is 199 g/mol. The molecule has 1 atom stereocenters. The van der Waals surface area contributed by atoms with E-state index in [0.29, 0.717) is 6.04 Å². The van der Waals surface area contributed by atoms with E-state index in [0.717, 1.165) is 13.2 Å². The third-order valence-corrected chi connectivity index (χ3v) is 2.86. The zero-order valence-corrected chi connectivity index (χ0v) is 10.2. The van der Waals surface area contributed by atoms with Crippen LogP contribution in [0.3, 0.4) is 0 Å². The maximum atomic E-state index is 5.86. The molecule has 0 aromatic heterocycles. The van der Waals surface area contributed by atoms with Crippen LogP contribution in [0.4, 0.5) is 0 Å². The van der Waals surface area contributed by atoms with Crippen LogP contribution >= 0.6 is 0 Å². The average Bonchev–Trinajstić information content (AvgIpc) is 2.14. The van der Waals surface area contributed by atoms with E-state index in [4.69, 9.17) is 4.74 Å². The Labute approximate surface area is 88.6 Å². The second kappa shape index (κ2) is 5.13. The van der Waals surface area contributed by atoms with Crippen LogP contribution in [0.1, 0.15) is 47.0 Å². The van der Waals surface area contributed by atoms with E-state index in [1.165, 1.54) is 25.8 Å². The molecule has 1 aliphatic rings.